The lowest BCUT2D eigenvalue weighted by Gasteiger charge is -2.48. The van der Waals surface area contributed by atoms with Crippen LogP contribution in [-0.2, 0) is 0 Å². The molecule has 4 aliphatic rings. The molecule has 0 aliphatic heterocycles. The lowest BCUT2D eigenvalue weighted by Crippen LogP contribution is -2.41. The quantitative estimate of drug-likeness (QED) is 0.614. The highest BCUT2D eigenvalue weighted by Gasteiger charge is 2.43. The lowest BCUT2D eigenvalue weighted by atomic mass is 9.57. The van der Waals surface area contributed by atoms with Crippen LogP contribution in [0.5, 0.6) is 0 Å². The fraction of sp³-hybridized carbons (Fsp3) is 0.600. The topological polar surface area (TPSA) is 0 Å². The van der Waals surface area contributed by atoms with Gasteiger partial charge < -0.3 is 0 Å². The van der Waals surface area contributed by atoms with Crippen LogP contribution < -0.4 is 0 Å². The first-order valence-corrected chi connectivity index (χ1v) is 9.16. The Bertz CT molecular complexity index is 498. The number of hydrogen-bond acceptors (Lipinski definition) is 0. The summed E-state index contributed by atoms with van der Waals surface area (Å²) in [5.41, 5.74) is 0. The Labute approximate surface area is 133 Å². The summed E-state index contributed by atoms with van der Waals surface area (Å²) >= 11 is 6.39. The maximum atomic E-state index is 6.39. The molecule has 0 aromatic heterocycles. The molecule has 112 valence electrons. The third kappa shape index (κ3) is 2.46. The van der Waals surface area contributed by atoms with E-state index in [1.807, 2.05) is 0 Å². The van der Waals surface area contributed by atoms with Crippen LogP contribution >= 0.6 is 11.6 Å². The highest BCUT2D eigenvalue weighted by Crippen LogP contribution is 2.51. The second-order valence-corrected chi connectivity index (χ2v) is 7.72. The second-order valence-electron chi connectivity index (χ2n) is 7.41. The number of allylic oxidation sites excluding steroid dienone is 8. The van der Waals surface area contributed by atoms with Crippen molar-refractivity contribution in [2.45, 2.75) is 25.7 Å². The Morgan fingerprint density at radius 3 is 2.24 bits per heavy atom. The molecule has 0 bridgehead atoms. The second kappa shape index (κ2) is 5.80. The maximum absolute atomic E-state index is 6.39. The Balaban J connectivity index is 1.43. The predicted molar refractivity (Wildman–Crippen MR) is 90.2 cm³/mol. The van der Waals surface area contributed by atoms with Crippen molar-refractivity contribution in [2.24, 2.45) is 41.4 Å². The van der Waals surface area contributed by atoms with Crippen LogP contribution in [0.2, 0.25) is 0 Å². The van der Waals surface area contributed by atoms with Gasteiger partial charge in [0, 0.05) is 5.88 Å². The molecule has 0 saturated heterocycles. The van der Waals surface area contributed by atoms with E-state index in [4.69, 9.17) is 11.6 Å². The minimum atomic E-state index is 0.689. The van der Waals surface area contributed by atoms with E-state index < -0.39 is 0 Å². The largest absolute Gasteiger partial charge is 0.126 e. The molecule has 2 fully saturated rings. The van der Waals surface area contributed by atoms with Gasteiger partial charge in [-0.1, -0.05) is 48.6 Å². The summed E-state index contributed by atoms with van der Waals surface area (Å²) in [6, 6.07) is 0. The average molecular weight is 301 g/mol. The summed E-state index contributed by atoms with van der Waals surface area (Å²) in [5.74, 6) is 6.38. The Hall–Kier alpha value is -0.750. The first-order chi connectivity index (χ1) is 10.4. The zero-order valence-electron chi connectivity index (χ0n) is 12.6. The van der Waals surface area contributed by atoms with Gasteiger partial charge in [-0.05, 0) is 67.1 Å². The normalized spacial score (nSPS) is 46.8. The van der Waals surface area contributed by atoms with E-state index in [2.05, 4.69) is 48.6 Å². The van der Waals surface area contributed by atoms with E-state index in [1.54, 1.807) is 0 Å². The molecule has 0 aromatic rings. The van der Waals surface area contributed by atoms with Gasteiger partial charge in [0.05, 0.1) is 0 Å². The fourth-order valence-electron chi connectivity index (χ4n) is 5.24. The molecular formula is C20H25Cl. The minimum absolute atomic E-state index is 0.689. The first-order valence-electron chi connectivity index (χ1n) is 8.62. The number of halogens is 1. The van der Waals surface area contributed by atoms with E-state index in [0.717, 1.165) is 35.5 Å². The Morgan fingerprint density at radius 1 is 0.762 bits per heavy atom. The van der Waals surface area contributed by atoms with Gasteiger partial charge in [0.1, 0.15) is 0 Å². The maximum Gasteiger partial charge on any atom is 0.0260 e. The lowest BCUT2D eigenvalue weighted by molar-refractivity contribution is 0.0710. The third-order valence-electron chi connectivity index (χ3n) is 6.47. The molecule has 4 aliphatic carbocycles. The number of rotatable bonds is 3. The molecule has 4 rings (SSSR count). The molecule has 0 nitrogen and oxygen atoms in total. The summed E-state index contributed by atoms with van der Waals surface area (Å²) in [6.45, 7) is 0. The first kappa shape index (κ1) is 13.9. The van der Waals surface area contributed by atoms with Crippen molar-refractivity contribution < 1.29 is 0 Å². The molecule has 0 spiro atoms. The van der Waals surface area contributed by atoms with Crippen LogP contribution in [0.15, 0.2) is 48.6 Å². The van der Waals surface area contributed by atoms with Crippen LogP contribution in [0.4, 0.5) is 0 Å². The number of hydrogen-bond donors (Lipinski definition) is 0. The van der Waals surface area contributed by atoms with Crippen LogP contribution in [0.25, 0.3) is 0 Å². The van der Waals surface area contributed by atoms with Gasteiger partial charge in [0.25, 0.3) is 0 Å². The van der Waals surface area contributed by atoms with Crippen LogP contribution in [-0.4, -0.2) is 5.88 Å². The highest BCUT2D eigenvalue weighted by atomic mass is 35.5. The molecule has 0 heterocycles. The van der Waals surface area contributed by atoms with Gasteiger partial charge in [-0.3, -0.25) is 0 Å². The van der Waals surface area contributed by atoms with Crippen molar-refractivity contribution in [3.05, 3.63) is 48.6 Å². The molecular weight excluding hydrogens is 276 g/mol. The molecule has 0 N–H and O–H groups in total. The highest BCUT2D eigenvalue weighted by molar-refractivity contribution is 6.18. The standard InChI is InChI=1S/C20H25Cl/c21-13-20-16(10-9-14-5-1-4-8-19(14)20)12-17-11-15-6-2-3-7-18(15)17/h1-8,14-20H,9-13H2/t14?,15?,16?,17-,18?,19?,20?/m1/s1. The Kier molecular flexibility index (Phi) is 3.83. The van der Waals surface area contributed by atoms with Crippen molar-refractivity contribution in [3.63, 3.8) is 0 Å². The van der Waals surface area contributed by atoms with E-state index in [-0.39, 0.29) is 0 Å². The Morgan fingerprint density at radius 2 is 1.48 bits per heavy atom. The molecule has 21 heavy (non-hydrogen) atoms. The van der Waals surface area contributed by atoms with E-state index >= 15 is 0 Å². The molecule has 1 heteroatoms. The van der Waals surface area contributed by atoms with Crippen molar-refractivity contribution in [1.82, 2.24) is 0 Å². The summed E-state index contributed by atoms with van der Waals surface area (Å²) in [7, 11) is 0. The van der Waals surface area contributed by atoms with Gasteiger partial charge in [-0.15, -0.1) is 11.6 Å². The minimum Gasteiger partial charge on any atom is -0.126 e. The van der Waals surface area contributed by atoms with Gasteiger partial charge in [-0.25, -0.2) is 0 Å². The molecule has 7 atom stereocenters. The van der Waals surface area contributed by atoms with Gasteiger partial charge in [0.15, 0.2) is 0 Å². The summed E-state index contributed by atoms with van der Waals surface area (Å²) < 4.78 is 0. The van der Waals surface area contributed by atoms with Gasteiger partial charge >= 0.3 is 0 Å². The molecule has 0 radical (unpaired) electrons. The molecule has 6 unspecified atom stereocenters. The van der Waals surface area contributed by atoms with Crippen LogP contribution in [0.3, 0.4) is 0 Å². The fourth-order valence-corrected chi connectivity index (χ4v) is 5.70. The van der Waals surface area contributed by atoms with E-state index in [0.29, 0.717) is 11.8 Å². The predicted octanol–water partition coefficient (Wildman–Crippen LogP) is 5.38. The molecule has 2 saturated carbocycles. The summed E-state index contributed by atoms with van der Waals surface area (Å²) in [6.07, 6.45) is 24.2. The van der Waals surface area contributed by atoms with Gasteiger partial charge in [0.2, 0.25) is 0 Å². The van der Waals surface area contributed by atoms with E-state index in [9.17, 15) is 0 Å². The molecule has 0 aromatic carbocycles. The van der Waals surface area contributed by atoms with E-state index in [1.165, 1.54) is 25.7 Å². The summed E-state index contributed by atoms with van der Waals surface area (Å²) in [4.78, 5) is 0. The summed E-state index contributed by atoms with van der Waals surface area (Å²) in [5, 5.41) is 0. The van der Waals surface area contributed by atoms with Crippen molar-refractivity contribution in [3.8, 4) is 0 Å². The molecule has 0 amide bonds. The number of fused-ring (bicyclic) bond motifs is 2. The van der Waals surface area contributed by atoms with Crippen molar-refractivity contribution >= 4 is 11.6 Å². The number of alkyl halides is 1. The monoisotopic (exact) mass is 300 g/mol. The smallest absolute Gasteiger partial charge is 0.0260 e. The van der Waals surface area contributed by atoms with Crippen molar-refractivity contribution in [1.29, 1.82) is 0 Å². The SMILES string of the molecule is ClCC1C(C[C@H]2CC3C=CC=CC32)CCC2C=CC=CC21. The van der Waals surface area contributed by atoms with Crippen LogP contribution in [0, 0.1) is 41.4 Å². The average Bonchev–Trinajstić information content (AvgIpc) is 2.52. The van der Waals surface area contributed by atoms with Crippen molar-refractivity contribution in [2.75, 3.05) is 5.88 Å². The third-order valence-corrected chi connectivity index (χ3v) is 6.82. The van der Waals surface area contributed by atoms with Gasteiger partial charge in [-0.2, -0.15) is 0 Å². The zero-order chi connectivity index (χ0) is 14.2. The zero-order valence-corrected chi connectivity index (χ0v) is 13.3. The van der Waals surface area contributed by atoms with Crippen LogP contribution in [0.1, 0.15) is 25.7 Å².